The molecule has 0 heterocycles. The van der Waals surface area contributed by atoms with Gasteiger partial charge >= 0.3 is 0 Å². The Bertz CT molecular complexity index is 2840. The number of phenolic OH excluding ortho intramolecular Hbond substituents is 2. The summed E-state index contributed by atoms with van der Waals surface area (Å²) in [6, 6.07) is 15.6. The summed E-state index contributed by atoms with van der Waals surface area (Å²) in [7, 11) is -9.99. The third kappa shape index (κ3) is 10.4. The number of anilines is 2. The molecule has 0 saturated heterocycles. The van der Waals surface area contributed by atoms with Crippen LogP contribution < -0.4 is 20.1 Å². The average Bonchev–Trinajstić information content (AvgIpc) is 3.19. The van der Waals surface area contributed by atoms with E-state index in [1.807, 2.05) is 12.1 Å². The van der Waals surface area contributed by atoms with Crippen LogP contribution in [0.1, 0.15) is 78.0 Å². The van der Waals surface area contributed by atoms with Crippen molar-refractivity contribution in [2.45, 2.75) is 88.9 Å². The summed E-state index contributed by atoms with van der Waals surface area (Å²) < 4.78 is 80.3. The van der Waals surface area contributed by atoms with Crippen molar-refractivity contribution in [1.29, 1.82) is 0 Å². The van der Waals surface area contributed by atoms with E-state index in [2.05, 4.69) is 68.5 Å². The molecular weight excluding hydrogens is 864 g/mol. The van der Waals surface area contributed by atoms with Crippen LogP contribution in [0.25, 0.3) is 10.8 Å². The maximum absolute atomic E-state index is 13.2. The summed E-state index contributed by atoms with van der Waals surface area (Å²) in [4.78, 5) is 23.4. The van der Waals surface area contributed by atoms with Gasteiger partial charge in [0.1, 0.15) is 27.8 Å². The number of halogens is 1. The quantitative estimate of drug-likeness (QED) is 0.0326. The first-order chi connectivity index (χ1) is 28.8. The van der Waals surface area contributed by atoms with Gasteiger partial charge in [0, 0.05) is 29.5 Å². The van der Waals surface area contributed by atoms with E-state index in [4.69, 9.17) is 21.1 Å². The van der Waals surface area contributed by atoms with Gasteiger partial charge in [-0.25, -0.2) is 0 Å². The topological polar surface area (TPSA) is 251 Å². The summed E-state index contributed by atoms with van der Waals surface area (Å²) in [5.74, 6) is -1.57. The van der Waals surface area contributed by atoms with Crippen LogP contribution in [-0.4, -0.2) is 54.6 Å². The van der Waals surface area contributed by atoms with Crippen molar-refractivity contribution in [3.63, 3.8) is 0 Å². The summed E-state index contributed by atoms with van der Waals surface area (Å²) in [6.07, 6.45) is 1.77. The number of carbonyl (C=O) groups is 2. The molecule has 0 aliphatic carbocycles. The first-order valence-electron chi connectivity index (χ1n) is 19.1. The minimum Gasteiger partial charge on any atom is -0.505 e. The predicted molar refractivity (Wildman–Crippen MR) is 235 cm³/mol. The average molecular weight is 911 g/mol. The molecule has 5 aromatic rings. The number of nitrogens with zero attached hydrogens (tertiary/aromatic N) is 2. The summed E-state index contributed by atoms with van der Waals surface area (Å²) >= 11 is 6.46. The van der Waals surface area contributed by atoms with E-state index >= 15 is 0 Å². The Kier molecular flexibility index (Phi) is 13.6. The number of aromatic hydroxyl groups is 2. The predicted octanol–water partition coefficient (Wildman–Crippen LogP) is 10.3. The van der Waals surface area contributed by atoms with Gasteiger partial charge in [-0.2, -0.15) is 21.9 Å². The maximum Gasteiger partial charge on any atom is 0.296 e. The Morgan fingerprint density at radius 2 is 1.42 bits per heavy atom. The molecule has 5 rings (SSSR count). The monoisotopic (exact) mass is 910 g/mol. The lowest BCUT2D eigenvalue weighted by molar-refractivity contribution is -0.118. The number of hydrogen-bond donors (Lipinski definition) is 6. The summed E-state index contributed by atoms with van der Waals surface area (Å²) in [5, 5.41) is 34.2. The lowest BCUT2D eigenvalue weighted by Crippen LogP contribution is -2.24. The number of carbonyl (C=O) groups excluding carboxylic acids is 2. The Balaban J connectivity index is 1.39. The fourth-order valence-electron chi connectivity index (χ4n) is 6.25. The number of benzene rings is 5. The number of fused-ring (bicyclic) bond motifs is 1. The van der Waals surface area contributed by atoms with Crippen LogP contribution in [0.2, 0.25) is 5.02 Å². The minimum atomic E-state index is -5.13. The normalized spacial score (nSPS) is 12.4. The van der Waals surface area contributed by atoms with Gasteiger partial charge in [-0.05, 0) is 90.1 Å². The number of rotatable bonds is 15. The molecule has 0 radical (unpaired) electrons. The molecule has 62 heavy (non-hydrogen) atoms. The Morgan fingerprint density at radius 1 is 0.774 bits per heavy atom. The number of hydrogen-bond acceptors (Lipinski definition) is 12. The smallest absolute Gasteiger partial charge is 0.296 e. The van der Waals surface area contributed by atoms with Crippen molar-refractivity contribution in [3.05, 3.63) is 88.4 Å². The molecule has 0 fully saturated rings. The van der Waals surface area contributed by atoms with Crippen molar-refractivity contribution in [3.8, 4) is 28.7 Å². The van der Waals surface area contributed by atoms with E-state index in [0.29, 0.717) is 11.3 Å². The van der Waals surface area contributed by atoms with Crippen molar-refractivity contribution in [2.75, 3.05) is 17.2 Å². The second kappa shape index (κ2) is 17.9. The lowest BCUT2D eigenvalue weighted by Gasteiger charge is -2.30. The Morgan fingerprint density at radius 3 is 2.00 bits per heavy atom. The van der Waals surface area contributed by atoms with Gasteiger partial charge in [-0.3, -0.25) is 18.7 Å². The zero-order valence-electron chi connectivity index (χ0n) is 35.1. The molecule has 6 N–H and O–H groups in total. The first-order valence-corrected chi connectivity index (χ1v) is 22.4. The number of nitrogens with one attached hydrogen (secondary N) is 2. The minimum absolute atomic E-state index is 0.0375. The molecule has 19 heteroatoms. The third-order valence-electron chi connectivity index (χ3n) is 10.7. The van der Waals surface area contributed by atoms with Gasteiger partial charge in [0.25, 0.3) is 26.1 Å². The van der Waals surface area contributed by atoms with Crippen LogP contribution in [0, 0.1) is 6.92 Å². The van der Waals surface area contributed by atoms with Crippen LogP contribution in [-0.2, 0) is 40.7 Å². The molecule has 5 aromatic carbocycles. The van der Waals surface area contributed by atoms with Gasteiger partial charge < -0.3 is 30.3 Å². The van der Waals surface area contributed by atoms with E-state index in [-0.39, 0.29) is 67.5 Å². The van der Waals surface area contributed by atoms with E-state index in [0.717, 1.165) is 49.1 Å². The van der Waals surface area contributed by atoms with E-state index in [1.54, 1.807) is 6.92 Å². The van der Waals surface area contributed by atoms with Gasteiger partial charge in [0.2, 0.25) is 5.91 Å². The molecule has 0 bridgehead atoms. The zero-order valence-corrected chi connectivity index (χ0v) is 37.5. The van der Waals surface area contributed by atoms with Crippen LogP contribution in [0.5, 0.6) is 28.7 Å². The number of azo groups is 1. The molecule has 0 atom stereocenters. The van der Waals surface area contributed by atoms with Crippen molar-refractivity contribution >= 4 is 77.2 Å². The number of phenols is 2. The summed E-state index contributed by atoms with van der Waals surface area (Å²) in [6.45, 7) is 15.1. The SMILES string of the molecule is CCC(C)(C)c1ccc(OCC(=O)Nc2cc(Oc3ccc(N=Nc4c(S(=O)(=O)O)cc5cc(S(=O)(=O)O)cc(NC(C)=O)c5c4O)cc3)c(C)c(Cl)c2O)c(C(C)(C)CC)c1. The second-order valence-electron chi connectivity index (χ2n) is 15.8. The highest BCUT2D eigenvalue weighted by Crippen LogP contribution is 2.46. The fraction of sp³-hybridized carbons (Fsp3) is 0.302. The van der Waals surface area contributed by atoms with Gasteiger partial charge in [-0.15, -0.1) is 5.11 Å². The molecule has 330 valence electrons. The van der Waals surface area contributed by atoms with E-state index < -0.39 is 53.3 Å². The van der Waals surface area contributed by atoms with Crippen molar-refractivity contribution in [2.24, 2.45) is 10.2 Å². The summed E-state index contributed by atoms with van der Waals surface area (Å²) in [5.41, 5.74) is 1.18. The van der Waals surface area contributed by atoms with Crippen LogP contribution in [0.3, 0.4) is 0 Å². The maximum atomic E-state index is 13.2. The fourth-order valence-corrected chi connectivity index (χ4v) is 7.64. The highest BCUT2D eigenvalue weighted by molar-refractivity contribution is 7.86. The Labute approximate surface area is 364 Å². The first kappa shape index (κ1) is 47.3. The Hall–Kier alpha value is -5.79. The number of amides is 2. The van der Waals surface area contributed by atoms with Crippen molar-refractivity contribution in [1.82, 2.24) is 0 Å². The van der Waals surface area contributed by atoms with Crippen LogP contribution in [0.4, 0.5) is 22.7 Å². The molecule has 2 amide bonds. The molecule has 16 nitrogen and oxygen atoms in total. The third-order valence-corrected chi connectivity index (χ3v) is 12.8. The highest BCUT2D eigenvalue weighted by Gasteiger charge is 2.28. The molecule has 0 aromatic heterocycles. The standard InChI is InChI=1S/C43H47ClN4O12S2/c1-9-42(5,6)26-11-16-33(30(19-26)43(7,8)10-2)59-22-36(50)46-32-21-34(23(3)38(44)40(32)51)60-28-14-12-27(13-15-28)47-48-39-35(62(56,57)58)18-25-17-29(61(53,54)55)20-31(45-24(4)49)37(25)41(39)52/h11-21,51-52H,9-10,22H2,1-8H3,(H,45,49)(H,46,50)(H,53,54,55)(H,56,57,58). The van der Waals surface area contributed by atoms with Gasteiger partial charge in [0.05, 0.1) is 27.0 Å². The molecule has 0 spiro atoms. The molecule has 0 aliphatic heterocycles. The molecule has 0 saturated carbocycles. The van der Waals surface area contributed by atoms with Crippen LogP contribution in [0.15, 0.2) is 86.7 Å². The zero-order chi connectivity index (χ0) is 46.1. The lowest BCUT2D eigenvalue weighted by atomic mass is 9.76. The largest absolute Gasteiger partial charge is 0.505 e. The number of ether oxygens (including phenoxy) is 2. The van der Waals surface area contributed by atoms with Gasteiger partial charge in [-0.1, -0.05) is 65.3 Å². The second-order valence-corrected chi connectivity index (χ2v) is 19.0. The molecule has 0 aliphatic rings. The van der Waals surface area contributed by atoms with Gasteiger partial charge in [0.15, 0.2) is 18.1 Å². The van der Waals surface area contributed by atoms with E-state index in [9.17, 15) is 45.7 Å². The van der Waals surface area contributed by atoms with E-state index in [1.165, 1.54) is 30.3 Å². The van der Waals surface area contributed by atoms with Crippen molar-refractivity contribution < 1.29 is 55.2 Å². The van der Waals surface area contributed by atoms with Crippen LogP contribution >= 0.6 is 11.6 Å². The molecule has 0 unspecified atom stereocenters. The molecular formula is C43H47ClN4O12S2. The highest BCUT2D eigenvalue weighted by atomic mass is 35.5.